The van der Waals surface area contributed by atoms with Gasteiger partial charge in [-0.05, 0) is 36.8 Å². The molecule has 0 unspecified atom stereocenters. The van der Waals surface area contributed by atoms with Gasteiger partial charge in [-0.25, -0.2) is 4.99 Å². The third-order valence-corrected chi connectivity index (χ3v) is 3.28. The molecule has 0 radical (unpaired) electrons. The van der Waals surface area contributed by atoms with E-state index in [9.17, 15) is 0 Å². The SMILES string of the molecule is COc1ccc(CN=C(N)NCc2cccc(C)n2)cc1OC. The maximum atomic E-state index is 5.89. The van der Waals surface area contributed by atoms with Crippen LogP contribution in [0.1, 0.15) is 17.0 Å². The predicted molar refractivity (Wildman–Crippen MR) is 90.7 cm³/mol. The van der Waals surface area contributed by atoms with Gasteiger partial charge >= 0.3 is 0 Å². The van der Waals surface area contributed by atoms with Crippen molar-refractivity contribution in [3.63, 3.8) is 0 Å². The number of nitrogens with two attached hydrogens (primary N) is 1. The number of guanidine groups is 1. The van der Waals surface area contributed by atoms with E-state index in [1.54, 1.807) is 14.2 Å². The van der Waals surface area contributed by atoms with Crippen LogP contribution in [0, 0.1) is 6.92 Å². The predicted octanol–water partition coefficient (Wildman–Crippen LogP) is 2.01. The lowest BCUT2D eigenvalue weighted by Crippen LogP contribution is -2.31. The van der Waals surface area contributed by atoms with E-state index >= 15 is 0 Å². The summed E-state index contributed by atoms with van der Waals surface area (Å²) >= 11 is 0. The Morgan fingerprint density at radius 2 is 1.96 bits per heavy atom. The van der Waals surface area contributed by atoms with Crippen LogP contribution in [0.15, 0.2) is 41.4 Å². The van der Waals surface area contributed by atoms with Gasteiger partial charge in [0.05, 0.1) is 33.0 Å². The van der Waals surface area contributed by atoms with Crippen molar-refractivity contribution in [2.75, 3.05) is 14.2 Å². The molecule has 0 bridgehead atoms. The lowest BCUT2D eigenvalue weighted by atomic mass is 10.2. The highest BCUT2D eigenvalue weighted by molar-refractivity contribution is 5.77. The van der Waals surface area contributed by atoms with E-state index in [4.69, 9.17) is 15.2 Å². The number of aryl methyl sites for hydroxylation is 1. The zero-order valence-corrected chi connectivity index (χ0v) is 13.7. The van der Waals surface area contributed by atoms with Crippen LogP contribution >= 0.6 is 0 Å². The highest BCUT2D eigenvalue weighted by Crippen LogP contribution is 2.27. The second-order valence-corrected chi connectivity index (χ2v) is 5.01. The Labute approximate surface area is 136 Å². The van der Waals surface area contributed by atoms with Crippen LogP contribution in [0.4, 0.5) is 0 Å². The number of aliphatic imine (C=N–C) groups is 1. The first-order valence-corrected chi connectivity index (χ1v) is 7.29. The van der Waals surface area contributed by atoms with Crippen molar-refractivity contribution >= 4 is 5.96 Å². The van der Waals surface area contributed by atoms with Crippen molar-refractivity contribution in [3.05, 3.63) is 53.3 Å². The van der Waals surface area contributed by atoms with Gasteiger partial charge in [0, 0.05) is 5.69 Å². The Balaban J connectivity index is 1.94. The molecule has 2 rings (SSSR count). The van der Waals surface area contributed by atoms with Crippen LogP contribution < -0.4 is 20.5 Å². The topological polar surface area (TPSA) is 81.8 Å². The standard InChI is InChI=1S/C17H22N4O2/c1-12-5-4-6-14(21-12)11-20-17(18)19-10-13-7-8-15(22-2)16(9-13)23-3/h4-9H,10-11H2,1-3H3,(H3,18,19,20). The van der Waals surface area contributed by atoms with Crippen molar-refractivity contribution in [1.29, 1.82) is 0 Å². The summed E-state index contributed by atoms with van der Waals surface area (Å²) in [6.07, 6.45) is 0. The van der Waals surface area contributed by atoms with E-state index in [0.717, 1.165) is 17.0 Å². The summed E-state index contributed by atoms with van der Waals surface area (Å²) in [7, 11) is 3.21. The number of pyridine rings is 1. The maximum Gasteiger partial charge on any atom is 0.189 e. The van der Waals surface area contributed by atoms with E-state index in [2.05, 4.69) is 15.3 Å². The molecule has 0 saturated heterocycles. The average Bonchev–Trinajstić information content (AvgIpc) is 2.57. The molecule has 1 aromatic heterocycles. The van der Waals surface area contributed by atoms with Crippen LogP contribution in [0.3, 0.4) is 0 Å². The summed E-state index contributed by atoms with van der Waals surface area (Å²) in [5.74, 6) is 1.75. The second kappa shape index (κ2) is 8.03. The molecular weight excluding hydrogens is 292 g/mol. The van der Waals surface area contributed by atoms with Crippen LogP contribution in [-0.2, 0) is 13.1 Å². The Morgan fingerprint density at radius 3 is 2.65 bits per heavy atom. The summed E-state index contributed by atoms with van der Waals surface area (Å²) in [6.45, 7) is 2.96. The minimum atomic E-state index is 0.378. The molecule has 1 aromatic carbocycles. The van der Waals surface area contributed by atoms with Crippen molar-refractivity contribution in [1.82, 2.24) is 10.3 Å². The summed E-state index contributed by atoms with van der Waals surface area (Å²) in [4.78, 5) is 8.72. The van der Waals surface area contributed by atoms with Crippen LogP contribution in [-0.4, -0.2) is 25.2 Å². The largest absolute Gasteiger partial charge is 0.493 e. The van der Waals surface area contributed by atoms with Crippen molar-refractivity contribution < 1.29 is 9.47 Å². The molecule has 0 saturated carbocycles. The highest BCUT2D eigenvalue weighted by Gasteiger charge is 2.04. The quantitative estimate of drug-likeness (QED) is 0.629. The molecule has 3 N–H and O–H groups in total. The third kappa shape index (κ3) is 4.88. The summed E-state index contributed by atoms with van der Waals surface area (Å²) in [6, 6.07) is 11.5. The average molecular weight is 314 g/mol. The first-order chi connectivity index (χ1) is 11.1. The molecule has 122 valence electrons. The Bertz CT molecular complexity index is 686. The van der Waals surface area contributed by atoms with Crippen molar-refractivity contribution in [3.8, 4) is 11.5 Å². The van der Waals surface area contributed by atoms with Crippen LogP contribution in [0.5, 0.6) is 11.5 Å². The number of hydrogen-bond donors (Lipinski definition) is 2. The molecule has 2 aromatic rings. The Kier molecular flexibility index (Phi) is 5.80. The van der Waals surface area contributed by atoms with Gasteiger partial charge in [0.25, 0.3) is 0 Å². The van der Waals surface area contributed by atoms with Gasteiger partial charge in [0.1, 0.15) is 0 Å². The van der Waals surface area contributed by atoms with Crippen LogP contribution in [0.2, 0.25) is 0 Å². The second-order valence-electron chi connectivity index (χ2n) is 5.01. The van der Waals surface area contributed by atoms with Gasteiger partial charge in [-0.2, -0.15) is 0 Å². The minimum absolute atomic E-state index is 0.378. The summed E-state index contributed by atoms with van der Waals surface area (Å²) in [5, 5.41) is 3.06. The number of nitrogens with zero attached hydrogens (tertiary/aromatic N) is 2. The van der Waals surface area contributed by atoms with E-state index in [-0.39, 0.29) is 0 Å². The van der Waals surface area contributed by atoms with E-state index < -0.39 is 0 Å². The van der Waals surface area contributed by atoms with E-state index in [1.807, 2.05) is 43.3 Å². The number of aromatic nitrogens is 1. The molecule has 6 heteroatoms. The Morgan fingerprint density at radius 1 is 1.17 bits per heavy atom. The molecule has 0 aliphatic heterocycles. The van der Waals surface area contributed by atoms with Gasteiger partial charge in [0.2, 0.25) is 0 Å². The zero-order chi connectivity index (χ0) is 16.7. The first-order valence-electron chi connectivity index (χ1n) is 7.29. The van der Waals surface area contributed by atoms with Crippen molar-refractivity contribution in [2.24, 2.45) is 10.7 Å². The van der Waals surface area contributed by atoms with Crippen LogP contribution in [0.25, 0.3) is 0 Å². The van der Waals surface area contributed by atoms with Gasteiger partial charge < -0.3 is 20.5 Å². The van der Waals surface area contributed by atoms with E-state index in [0.29, 0.717) is 30.5 Å². The molecule has 23 heavy (non-hydrogen) atoms. The summed E-state index contributed by atoms with van der Waals surface area (Å²) < 4.78 is 10.5. The highest BCUT2D eigenvalue weighted by atomic mass is 16.5. The minimum Gasteiger partial charge on any atom is -0.493 e. The first kappa shape index (κ1) is 16.6. The van der Waals surface area contributed by atoms with Crippen molar-refractivity contribution in [2.45, 2.75) is 20.0 Å². The lowest BCUT2D eigenvalue weighted by Gasteiger charge is -2.09. The number of ether oxygens (including phenoxy) is 2. The molecule has 0 aliphatic carbocycles. The van der Waals surface area contributed by atoms with Gasteiger partial charge in [-0.15, -0.1) is 0 Å². The Hall–Kier alpha value is -2.76. The summed E-state index contributed by atoms with van der Waals surface area (Å²) in [5.41, 5.74) is 8.78. The normalized spacial score (nSPS) is 11.2. The zero-order valence-electron chi connectivity index (χ0n) is 13.7. The molecule has 0 spiro atoms. The smallest absolute Gasteiger partial charge is 0.189 e. The molecule has 0 fully saturated rings. The van der Waals surface area contributed by atoms with Gasteiger partial charge in [-0.1, -0.05) is 12.1 Å². The molecular formula is C17H22N4O2. The molecule has 0 amide bonds. The molecule has 6 nitrogen and oxygen atoms in total. The maximum absolute atomic E-state index is 5.89. The van der Waals surface area contributed by atoms with E-state index in [1.165, 1.54) is 0 Å². The molecule has 0 atom stereocenters. The fourth-order valence-electron chi connectivity index (χ4n) is 2.09. The fourth-order valence-corrected chi connectivity index (χ4v) is 2.09. The lowest BCUT2D eigenvalue weighted by molar-refractivity contribution is 0.354. The molecule has 0 aliphatic rings. The van der Waals surface area contributed by atoms with Gasteiger partial charge in [-0.3, -0.25) is 4.98 Å². The fraction of sp³-hybridized carbons (Fsp3) is 0.294. The molecule has 1 heterocycles. The number of methoxy groups -OCH3 is 2. The third-order valence-electron chi connectivity index (χ3n) is 3.28. The number of hydrogen-bond acceptors (Lipinski definition) is 4. The van der Waals surface area contributed by atoms with Gasteiger partial charge in [0.15, 0.2) is 17.5 Å². The number of benzene rings is 1. The monoisotopic (exact) mass is 314 g/mol. The number of nitrogens with one attached hydrogen (secondary N) is 1. The number of rotatable bonds is 6.